The summed E-state index contributed by atoms with van der Waals surface area (Å²) in [5.41, 5.74) is 3.54. The van der Waals surface area contributed by atoms with Crippen molar-refractivity contribution in [3.05, 3.63) is 28.0 Å². The highest BCUT2D eigenvalue weighted by Gasteiger charge is 2.21. The maximum absolute atomic E-state index is 4.73. The molecule has 4 heteroatoms. The van der Waals surface area contributed by atoms with Gasteiger partial charge < -0.3 is 9.88 Å². The van der Waals surface area contributed by atoms with Gasteiger partial charge in [0.05, 0.1) is 17.6 Å². The second-order valence-corrected chi connectivity index (χ2v) is 5.75. The van der Waals surface area contributed by atoms with E-state index in [1.807, 2.05) is 0 Å². The number of rotatable bonds is 3. The van der Waals surface area contributed by atoms with Gasteiger partial charge in [-0.2, -0.15) is 0 Å². The van der Waals surface area contributed by atoms with Crippen molar-refractivity contribution in [3.63, 3.8) is 0 Å². The van der Waals surface area contributed by atoms with E-state index in [0.29, 0.717) is 0 Å². The first-order chi connectivity index (χ1) is 8.15. The smallest absolute Gasteiger partial charge is 0.123 e. The van der Waals surface area contributed by atoms with Crippen LogP contribution >= 0.6 is 15.9 Å². The minimum atomic E-state index is 0.725. The van der Waals surface area contributed by atoms with E-state index in [4.69, 9.17) is 4.98 Å². The van der Waals surface area contributed by atoms with Crippen molar-refractivity contribution >= 4 is 27.0 Å². The Kier molecular flexibility index (Phi) is 2.71. The molecule has 90 valence electrons. The fourth-order valence-corrected chi connectivity index (χ4v) is 2.70. The van der Waals surface area contributed by atoms with Crippen molar-refractivity contribution in [1.29, 1.82) is 0 Å². The average molecular weight is 294 g/mol. The molecule has 1 heterocycles. The first kappa shape index (κ1) is 11.2. The summed E-state index contributed by atoms with van der Waals surface area (Å²) in [5, 5.41) is 3.51. The number of hydrogen-bond donors (Lipinski definition) is 1. The van der Waals surface area contributed by atoms with Crippen molar-refractivity contribution in [1.82, 2.24) is 14.9 Å². The molecule has 0 spiro atoms. The summed E-state index contributed by atoms with van der Waals surface area (Å²) in [6, 6.07) is 4.98. The molecule has 1 saturated carbocycles. The topological polar surface area (TPSA) is 29.9 Å². The highest BCUT2D eigenvalue weighted by Crippen LogP contribution is 2.25. The van der Waals surface area contributed by atoms with E-state index in [1.54, 1.807) is 0 Å². The molecule has 1 N–H and O–H groups in total. The normalized spacial score (nSPS) is 15.7. The standard InChI is InChI=1S/C13H16BrN3/c1-8-5-9(14)6-11-13(8)16-12(17(11)2)7-15-10-3-4-10/h5-6,10,15H,3-4,7H2,1-2H3. The Bertz CT molecular complexity index is 570. The lowest BCUT2D eigenvalue weighted by molar-refractivity contribution is 0.639. The molecular formula is C13H16BrN3. The van der Waals surface area contributed by atoms with E-state index < -0.39 is 0 Å². The Morgan fingerprint density at radius 3 is 2.94 bits per heavy atom. The maximum Gasteiger partial charge on any atom is 0.123 e. The molecule has 0 saturated heterocycles. The fraction of sp³-hybridized carbons (Fsp3) is 0.462. The lowest BCUT2D eigenvalue weighted by Gasteiger charge is -2.03. The maximum atomic E-state index is 4.73. The van der Waals surface area contributed by atoms with Crippen LogP contribution in [-0.2, 0) is 13.6 Å². The number of benzene rings is 1. The zero-order valence-electron chi connectivity index (χ0n) is 10.1. The number of nitrogens with one attached hydrogen (secondary N) is 1. The Labute approximate surface area is 109 Å². The van der Waals surface area contributed by atoms with Gasteiger partial charge in [-0.15, -0.1) is 0 Å². The number of aromatic nitrogens is 2. The molecule has 1 aliphatic carbocycles. The van der Waals surface area contributed by atoms with Gasteiger partial charge in [-0.1, -0.05) is 15.9 Å². The summed E-state index contributed by atoms with van der Waals surface area (Å²) in [5.74, 6) is 1.12. The fourth-order valence-electron chi connectivity index (χ4n) is 2.14. The van der Waals surface area contributed by atoms with Crippen LogP contribution in [0.25, 0.3) is 11.0 Å². The lowest BCUT2D eigenvalue weighted by atomic mass is 10.2. The van der Waals surface area contributed by atoms with Gasteiger partial charge in [0.15, 0.2) is 0 Å². The molecule has 2 aromatic rings. The third kappa shape index (κ3) is 2.11. The number of hydrogen-bond acceptors (Lipinski definition) is 2. The zero-order valence-corrected chi connectivity index (χ0v) is 11.7. The van der Waals surface area contributed by atoms with Crippen LogP contribution in [-0.4, -0.2) is 15.6 Å². The van der Waals surface area contributed by atoms with Gasteiger partial charge >= 0.3 is 0 Å². The summed E-state index contributed by atoms with van der Waals surface area (Å²) >= 11 is 3.54. The molecule has 3 rings (SSSR count). The van der Waals surface area contributed by atoms with Gasteiger partial charge in [0.2, 0.25) is 0 Å². The zero-order chi connectivity index (χ0) is 12.0. The molecule has 1 aromatic heterocycles. The third-order valence-corrected chi connectivity index (χ3v) is 3.82. The van der Waals surface area contributed by atoms with Crippen LogP contribution in [0, 0.1) is 6.92 Å². The second-order valence-electron chi connectivity index (χ2n) is 4.83. The van der Waals surface area contributed by atoms with Gasteiger partial charge in [-0.05, 0) is 37.5 Å². The first-order valence-electron chi connectivity index (χ1n) is 6.00. The molecule has 1 fully saturated rings. The van der Waals surface area contributed by atoms with Crippen LogP contribution in [0.4, 0.5) is 0 Å². The van der Waals surface area contributed by atoms with Crippen molar-refractivity contribution < 1.29 is 0 Å². The highest BCUT2D eigenvalue weighted by atomic mass is 79.9. The van der Waals surface area contributed by atoms with Crippen molar-refractivity contribution in [2.45, 2.75) is 32.4 Å². The first-order valence-corrected chi connectivity index (χ1v) is 6.79. The molecular weight excluding hydrogens is 278 g/mol. The summed E-state index contributed by atoms with van der Waals surface area (Å²) in [7, 11) is 2.09. The molecule has 0 bridgehead atoms. The number of halogens is 1. The van der Waals surface area contributed by atoms with E-state index in [9.17, 15) is 0 Å². The quantitative estimate of drug-likeness (QED) is 0.943. The van der Waals surface area contributed by atoms with Crippen LogP contribution in [0.1, 0.15) is 24.2 Å². The van der Waals surface area contributed by atoms with E-state index in [-0.39, 0.29) is 0 Å². The molecule has 0 aliphatic heterocycles. The van der Waals surface area contributed by atoms with Gasteiger partial charge in [-0.3, -0.25) is 0 Å². The molecule has 0 atom stereocenters. The molecule has 0 unspecified atom stereocenters. The number of fused-ring (bicyclic) bond motifs is 1. The van der Waals surface area contributed by atoms with E-state index in [2.05, 4.69) is 51.9 Å². The summed E-state index contributed by atoms with van der Waals surface area (Å²) in [6.07, 6.45) is 2.63. The van der Waals surface area contributed by atoms with Crippen molar-refractivity contribution in [2.75, 3.05) is 0 Å². The minimum Gasteiger partial charge on any atom is -0.330 e. The summed E-state index contributed by atoms with van der Waals surface area (Å²) < 4.78 is 3.30. The minimum absolute atomic E-state index is 0.725. The Morgan fingerprint density at radius 2 is 2.24 bits per heavy atom. The SMILES string of the molecule is Cc1cc(Br)cc2c1nc(CNC1CC1)n2C. The van der Waals surface area contributed by atoms with Gasteiger partial charge in [-0.25, -0.2) is 4.98 Å². The van der Waals surface area contributed by atoms with Gasteiger partial charge in [0.25, 0.3) is 0 Å². The van der Waals surface area contributed by atoms with Crippen LogP contribution in [0.15, 0.2) is 16.6 Å². The number of imidazole rings is 1. The number of aryl methyl sites for hydroxylation is 2. The average Bonchev–Trinajstić information content (AvgIpc) is 3.04. The Hall–Kier alpha value is -0.870. The molecule has 1 aromatic carbocycles. The van der Waals surface area contributed by atoms with E-state index in [0.717, 1.165) is 28.4 Å². The Morgan fingerprint density at radius 1 is 1.47 bits per heavy atom. The summed E-state index contributed by atoms with van der Waals surface area (Å²) in [4.78, 5) is 4.73. The van der Waals surface area contributed by atoms with Gasteiger partial charge in [0.1, 0.15) is 5.82 Å². The summed E-state index contributed by atoms with van der Waals surface area (Å²) in [6.45, 7) is 2.98. The van der Waals surface area contributed by atoms with Crippen molar-refractivity contribution in [2.24, 2.45) is 7.05 Å². The highest BCUT2D eigenvalue weighted by molar-refractivity contribution is 9.10. The molecule has 3 nitrogen and oxygen atoms in total. The van der Waals surface area contributed by atoms with E-state index >= 15 is 0 Å². The monoisotopic (exact) mass is 293 g/mol. The molecule has 17 heavy (non-hydrogen) atoms. The van der Waals surface area contributed by atoms with Gasteiger partial charge in [0, 0.05) is 17.6 Å². The van der Waals surface area contributed by atoms with Crippen LogP contribution in [0.2, 0.25) is 0 Å². The Balaban J connectivity index is 2.01. The predicted octanol–water partition coefficient (Wildman–Crippen LogP) is 2.90. The number of nitrogens with zero attached hydrogens (tertiary/aromatic N) is 2. The molecule has 0 radical (unpaired) electrons. The molecule has 1 aliphatic rings. The van der Waals surface area contributed by atoms with Crippen molar-refractivity contribution in [3.8, 4) is 0 Å². The predicted molar refractivity (Wildman–Crippen MR) is 73.0 cm³/mol. The van der Waals surface area contributed by atoms with Crippen LogP contribution in [0.3, 0.4) is 0 Å². The largest absolute Gasteiger partial charge is 0.330 e. The molecule has 0 amide bonds. The van der Waals surface area contributed by atoms with E-state index in [1.165, 1.54) is 23.9 Å². The lowest BCUT2D eigenvalue weighted by Crippen LogP contribution is -2.18. The second kappa shape index (κ2) is 4.10. The third-order valence-electron chi connectivity index (χ3n) is 3.36. The van der Waals surface area contributed by atoms with Crippen LogP contribution in [0.5, 0.6) is 0 Å². The van der Waals surface area contributed by atoms with Crippen LogP contribution < -0.4 is 5.32 Å².